The summed E-state index contributed by atoms with van der Waals surface area (Å²) in [7, 11) is 1.97. The standard InChI is InChI=1S/C18H15N3OS/c1-21-10-14(13-6-2-3-7-16(13)21)17(22)15-11-23-18(20-15)12-5-4-8-19-9-12/h2-11H,20H2,1H3. The molecule has 0 spiro atoms. The van der Waals surface area contributed by atoms with Gasteiger partial charge in [0, 0.05) is 0 Å². The molecule has 1 aliphatic rings. The third kappa shape index (κ3) is 2.40. The summed E-state index contributed by atoms with van der Waals surface area (Å²) in [4.78, 5) is 17.0. The van der Waals surface area contributed by atoms with E-state index in [0.717, 1.165) is 33.4 Å². The second kappa shape index (κ2) is 5.53. The number of benzene rings is 1. The molecule has 3 aromatic rings. The van der Waals surface area contributed by atoms with Crippen molar-refractivity contribution in [3.63, 3.8) is 0 Å². The fourth-order valence-corrected chi connectivity index (χ4v) is 3.67. The van der Waals surface area contributed by atoms with Gasteiger partial charge in [-0.15, -0.1) is 24.3 Å². The van der Waals surface area contributed by atoms with Gasteiger partial charge in [0.2, 0.25) is 0 Å². The van der Waals surface area contributed by atoms with Crippen LogP contribution in [0.5, 0.6) is 0 Å². The van der Waals surface area contributed by atoms with Crippen LogP contribution < -0.4 is 9.88 Å². The van der Waals surface area contributed by atoms with E-state index in [1.807, 2.05) is 71.1 Å². The summed E-state index contributed by atoms with van der Waals surface area (Å²) >= 11 is 1.57. The number of carbonyl (C=O) groups is 1. The largest absolute Gasteiger partial charge is 0.345 e. The predicted octanol–water partition coefficient (Wildman–Crippen LogP) is 0.492. The molecule has 2 N–H and O–H groups in total. The van der Waals surface area contributed by atoms with Gasteiger partial charge in [0.15, 0.2) is 16.7 Å². The quantitative estimate of drug-likeness (QED) is 0.251. The maximum atomic E-state index is 12.9. The predicted molar refractivity (Wildman–Crippen MR) is 90.2 cm³/mol. The van der Waals surface area contributed by atoms with Crippen LogP contribution >= 0.6 is 0 Å². The van der Waals surface area contributed by atoms with E-state index in [1.165, 1.54) is 0 Å². The van der Waals surface area contributed by atoms with Crippen LogP contribution in [0, 0.1) is 11.4 Å². The van der Waals surface area contributed by atoms with Crippen LogP contribution in [0.4, 0.5) is 0 Å². The summed E-state index contributed by atoms with van der Waals surface area (Å²) in [6, 6.07) is 12.6. The van der Waals surface area contributed by atoms with Crippen molar-refractivity contribution in [1.82, 2.24) is 4.98 Å². The highest BCUT2D eigenvalue weighted by molar-refractivity contribution is 7.81. The highest BCUT2D eigenvalue weighted by Gasteiger charge is 2.33. The monoisotopic (exact) mass is 321 g/mol. The number of rotatable bonds is 3. The smallest absolute Gasteiger partial charge is 0.277 e. The van der Waals surface area contributed by atoms with E-state index in [4.69, 9.17) is 0 Å². The van der Waals surface area contributed by atoms with E-state index in [1.54, 1.807) is 17.5 Å². The number of aryl methyl sites for hydroxylation is 1. The Kier molecular flexibility index (Phi) is 3.37. The average Bonchev–Trinajstić information content (AvgIpc) is 3.21. The van der Waals surface area contributed by atoms with Gasteiger partial charge in [-0.05, 0) is 22.7 Å². The molecule has 0 bridgehead atoms. The third-order valence-corrected chi connectivity index (χ3v) is 4.93. The molecule has 0 radical (unpaired) electrons. The average molecular weight is 321 g/mol. The molecule has 2 aromatic heterocycles. The molecule has 0 atom stereocenters. The number of aromatic nitrogens is 2. The van der Waals surface area contributed by atoms with Crippen molar-refractivity contribution < 1.29 is 14.7 Å². The lowest BCUT2D eigenvalue weighted by Gasteiger charge is -2.12. The van der Waals surface area contributed by atoms with E-state index < -0.39 is 0 Å². The van der Waals surface area contributed by atoms with Gasteiger partial charge in [-0.1, -0.05) is 18.3 Å². The van der Waals surface area contributed by atoms with Crippen LogP contribution in [-0.2, 0) is 18.4 Å². The second-order valence-corrected chi connectivity index (χ2v) is 6.35. The van der Waals surface area contributed by atoms with Gasteiger partial charge in [-0.2, -0.15) is 0 Å². The van der Waals surface area contributed by atoms with Crippen molar-refractivity contribution >= 4 is 33.4 Å². The first-order valence-electron chi connectivity index (χ1n) is 7.32. The summed E-state index contributed by atoms with van der Waals surface area (Å²) in [5.41, 5.74) is 2.85. The number of hydrogen-bond donors (Lipinski definition) is 1. The number of fused-ring (bicyclic) bond motifs is 1. The van der Waals surface area contributed by atoms with Crippen molar-refractivity contribution in [2.75, 3.05) is 0 Å². The maximum absolute atomic E-state index is 12.9. The molecule has 114 valence electrons. The zero-order chi connectivity index (χ0) is 15.8. The Bertz CT molecular complexity index is 901. The third-order valence-electron chi connectivity index (χ3n) is 3.95. The molecule has 0 unspecified atom stereocenters. The van der Waals surface area contributed by atoms with Gasteiger partial charge in [0.05, 0.1) is 12.2 Å². The van der Waals surface area contributed by atoms with E-state index in [2.05, 4.69) is 4.98 Å². The molecule has 23 heavy (non-hydrogen) atoms. The number of nitrogens with two attached hydrogens (primary N) is 1. The van der Waals surface area contributed by atoms with Gasteiger partial charge in [-0.25, -0.2) is 0 Å². The number of pyridine rings is 1. The van der Waals surface area contributed by atoms with Crippen molar-refractivity contribution in [3.8, 4) is 0 Å². The Labute approximate surface area is 138 Å². The van der Waals surface area contributed by atoms with Crippen LogP contribution in [0.3, 0.4) is 0 Å². The number of para-hydroxylation sites is 1. The summed E-state index contributed by atoms with van der Waals surface area (Å²) in [5.74, 6) is 0.0631. The van der Waals surface area contributed by atoms with Crippen molar-refractivity contribution in [2.45, 2.75) is 0 Å². The van der Waals surface area contributed by atoms with Crippen molar-refractivity contribution in [1.29, 1.82) is 0 Å². The number of ketones is 1. The lowest BCUT2D eigenvalue weighted by Crippen LogP contribution is -2.86. The Morgan fingerprint density at radius 3 is 3.04 bits per heavy atom. The van der Waals surface area contributed by atoms with Gasteiger partial charge >= 0.3 is 0 Å². The number of Topliss-reactive ketones (excluding diaryl/α,β-unsaturated/α-hetero) is 1. The fraction of sp³-hybridized carbons (Fsp3) is 0.0556. The molecule has 1 aliphatic heterocycles. The molecule has 0 amide bonds. The normalized spacial score (nSPS) is 14.0. The molecule has 5 heteroatoms. The van der Waals surface area contributed by atoms with E-state index in [-0.39, 0.29) is 5.78 Å². The number of nitrogens with zero attached hydrogens (tertiary/aromatic N) is 2. The zero-order valence-corrected chi connectivity index (χ0v) is 13.4. The molecule has 3 heterocycles. The molecule has 0 saturated heterocycles. The van der Waals surface area contributed by atoms with Crippen LogP contribution in [0.1, 0.15) is 15.9 Å². The fourth-order valence-electron chi connectivity index (χ4n) is 2.79. The SMILES string of the molecule is C[n+]1cc(C(=O)[C-]2C=[S+][C-](c3cccnc3)[NH2+]2)c2cccc[c-]21. The highest BCUT2D eigenvalue weighted by atomic mass is 32.1. The molecule has 4 rings (SSSR count). The number of quaternary nitrogens is 1. The Morgan fingerprint density at radius 1 is 1.30 bits per heavy atom. The molecular formula is C18H15N3OS. The topological polar surface area (TPSA) is 50.5 Å². The van der Waals surface area contributed by atoms with Crippen molar-refractivity contribution in [3.05, 3.63) is 77.5 Å². The zero-order valence-electron chi connectivity index (χ0n) is 12.6. The summed E-state index contributed by atoms with van der Waals surface area (Å²) in [5, 5.41) is 5.92. The minimum absolute atomic E-state index is 0.0631. The molecule has 0 aliphatic carbocycles. The summed E-state index contributed by atoms with van der Waals surface area (Å²) < 4.78 is 2.00. The van der Waals surface area contributed by atoms with E-state index in [9.17, 15) is 4.79 Å². The molecular weight excluding hydrogens is 306 g/mol. The van der Waals surface area contributed by atoms with Gasteiger partial charge in [0.1, 0.15) is 18.3 Å². The maximum Gasteiger partial charge on any atom is 0.277 e. The molecule has 0 fully saturated rings. The first-order chi connectivity index (χ1) is 11.2. The minimum atomic E-state index is 0.0631. The van der Waals surface area contributed by atoms with Crippen LogP contribution in [0.15, 0.2) is 55.0 Å². The Balaban J connectivity index is 1.62. The van der Waals surface area contributed by atoms with Crippen LogP contribution in [0.25, 0.3) is 10.9 Å². The summed E-state index contributed by atoms with van der Waals surface area (Å²) in [6.45, 7) is 0. The first kappa shape index (κ1) is 14.0. The molecule has 4 nitrogen and oxygen atoms in total. The Morgan fingerprint density at radius 2 is 2.22 bits per heavy atom. The first-order valence-corrected chi connectivity index (χ1v) is 8.20. The minimum Gasteiger partial charge on any atom is -0.345 e. The summed E-state index contributed by atoms with van der Waals surface area (Å²) in [6.07, 6.45) is 5.48. The van der Waals surface area contributed by atoms with Crippen LogP contribution in [0.2, 0.25) is 0 Å². The van der Waals surface area contributed by atoms with Gasteiger partial charge < -0.3 is 15.1 Å². The number of carbonyl (C=O) groups excluding carboxylic acids is 1. The molecule has 0 saturated carbocycles. The van der Waals surface area contributed by atoms with Gasteiger partial charge in [0.25, 0.3) is 5.37 Å². The highest BCUT2D eigenvalue weighted by Crippen LogP contribution is 2.20. The van der Waals surface area contributed by atoms with Gasteiger partial charge in [-0.3, -0.25) is 4.57 Å². The van der Waals surface area contributed by atoms with Crippen molar-refractivity contribution in [2.24, 2.45) is 7.05 Å². The van der Waals surface area contributed by atoms with E-state index in [0.29, 0.717) is 0 Å². The lowest BCUT2D eigenvalue weighted by molar-refractivity contribution is -0.642. The molecule has 1 aromatic carbocycles. The van der Waals surface area contributed by atoms with Crippen LogP contribution in [-0.4, -0.2) is 16.1 Å². The second-order valence-electron chi connectivity index (χ2n) is 5.44. The van der Waals surface area contributed by atoms with E-state index >= 15 is 0 Å². The Hall–Kier alpha value is -2.63. The number of hydrogen-bond acceptors (Lipinski definition) is 2. The lowest BCUT2D eigenvalue weighted by atomic mass is 10.0.